The standard InChI is InChI=1S/C22H22Cl2N2O3/c23-17-11-16(12-18(24)14-17)21-25-19-6-5-15(13-20(19)29-21)22(27)28-10-4-9-26-7-2-1-3-8-26/h5-6,11-14H,1-4,7-10H2. The number of fused-ring (bicyclic) bond motifs is 1. The van der Waals surface area contributed by atoms with Crippen molar-refractivity contribution in [3.05, 3.63) is 52.0 Å². The SMILES string of the molecule is O=C(OCCCN1CCCCC1)c1ccc2nc(-c3cc(Cl)cc(Cl)c3)oc2c1. The predicted molar refractivity (Wildman–Crippen MR) is 115 cm³/mol. The molecule has 1 fully saturated rings. The Hall–Kier alpha value is -2.08. The Bertz CT molecular complexity index is 992. The highest BCUT2D eigenvalue weighted by Crippen LogP contribution is 2.29. The molecule has 2 heterocycles. The number of nitrogens with zero attached hydrogens (tertiary/aromatic N) is 2. The third-order valence-electron chi connectivity index (χ3n) is 5.03. The summed E-state index contributed by atoms with van der Waals surface area (Å²) in [6.45, 7) is 3.68. The first kappa shape index (κ1) is 20.2. The quantitative estimate of drug-likeness (QED) is 0.361. The predicted octanol–water partition coefficient (Wildman–Crippen LogP) is 5.83. The van der Waals surface area contributed by atoms with Crippen LogP contribution in [0.2, 0.25) is 10.0 Å². The molecule has 4 rings (SSSR count). The zero-order chi connectivity index (χ0) is 20.2. The summed E-state index contributed by atoms with van der Waals surface area (Å²) in [6.07, 6.45) is 4.69. The minimum atomic E-state index is -0.353. The molecule has 3 aromatic rings. The third-order valence-corrected chi connectivity index (χ3v) is 5.47. The van der Waals surface area contributed by atoms with Crippen LogP contribution in [0.15, 0.2) is 40.8 Å². The van der Waals surface area contributed by atoms with Crippen molar-refractivity contribution in [3.63, 3.8) is 0 Å². The molecule has 2 aromatic carbocycles. The third kappa shape index (κ3) is 5.10. The smallest absolute Gasteiger partial charge is 0.338 e. The average Bonchev–Trinajstić information content (AvgIpc) is 3.14. The van der Waals surface area contributed by atoms with Crippen LogP contribution in [0.25, 0.3) is 22.6 Å². The van der Waals surface area contributed by atoms with E-state index in [0.717, 1.165) is 26.1 Å². The molecule has 0 saturated carbocycles. The minimum absolute atomic E-state index is 0.353. The van der Waals surface area contributed by atoms with E-state index >= 15 is 0 Å². The number of ether oxygens (including phenoxy) is 1. The molecule has 0 amide bonds. The van der Waals surface area contributed by atoms with Crippen LogP contribution >= 0.6 is 23.2 Å². The second-order valence-electron chi connectivity index (χ2n) is 7.25. The second kappa shape index (κ2) is 9.16. The number of carbonyl (C=O) groups is 1. The summed E-state index contributed by atoms with van der Waals surface area (Å²) in [5.41, 5.74) is 2.29. The second-order valence-corrected chi connectivity index (χ2v) is 8.12. The van der Waals surface area contributed by atoms with Gasteiger partial charge >= 0.3 is 5.97 Å². The number of carbonyl (C=O) groups excluding carboxylic acids is 1. The molecule has 0 aliphatic carbocycles. The minimum Gasteiger partial charge on any atom is -0.462 e. The number of rotatable bonds is 6. The summed E-state index contributed by atoms with van der Waals surface area (Å²) in [7, 11) is 0. The van der Waals surface area contributed by atoms with Gasteiger partial charge < -0.3 is 14.1 Å². The first-order valence-corrected chi connectivity index (χ1v) is 10.6. The van der Waals surface area contributed by atoms with Crippen molar-refractivity contribution in [2.24, 2.45) is 0 Å². The number of oxazole rings is 1. The van der Waals surface area contributed by atoms with Gasteiger partial charge in [-0.05, 0) is 68.8 Å². The Labute approximate surface area is 179 Å². The lowest BCUT2D eigenvalue weighted by molar-refractivity contribution is 0.0485. The Balaban J connectivity index is 1.39. The molecular weight excluding hydrogens is 411 g/mol. The fraction of sp³-hybridized carbons (Fsp3) is 0.364. The summed E-state index contributed by atoms with van der Waals surface area (Å²) in [5, 5.41) is 1.01. The van der Waals surface area contributed by atoms with E-state index in [4.69, 9.17) is 32.4 Å². The molecule has 5 nitrogen and oxygen atoms in total. The number of esters is 1. The Kier molecular flexibility index (Phi) is 6.38. The molecule has 0 atom stereocenters. The molecule has 29 heavy (non-hydrogen) atoms. The maximum absolute atomic E-state index is 12.4. The van der Waals surface area contributed by atoms with Gasteiger partial charge in [0.05, 0.1) is 12.2 Å². The van der Waals surface area contributed by atoms with Crippen molar-refractivity contribution in [3.8, 4) is 11.5 Å². The zero-order valence-electron chi connectivity index (χ0n) is 16.0. The summed E-state index contributed by atoms with van der Waals surface area (Å²) < 4.78 is 11.2. The lowest BCUT2D eigenvalue weighted by Gasteiger charge is -2.26. The van der Waals surface area contributed by atoms with Crippen LogP contribution < -0.4 is 0 Å². The lowest BCUT2D eigenvalue weighted by Crippen LogP contribution is -2.31. The Morgan fingerprint density at radius 2 is 1.83 bits per heavy atom. The van der Waals surface area contributed by atoms with Crippen molar-refractivity contribution in [1.29, 1.82) is 0 Å². The molecule has 0 N–H and O–H groups in total. The maximum Gasteiger partial charge on any atom is 0.338 e. The fourth-order valence-electron chi connectivity index (χ4n) is 3.57. The van der Waals surface area contributed by atoms with Crippen LogP contribution in [-0.4, -0.2) is 42.1 Å². The number of aromatic nitrogens is 1. The van der Waals surface area contributed by atoms with Crippen molar-refractivity contribution in [2.75, 3.05) is 26.2 Å². The number of halogens is 2. The highest BCUT2D eigenvalue weighted by atomic mass is 35.5. The molecule has 1 aliphatic heterocycles. The van der Waals surface area contributed by atoms with Gasteiger partial charge in [0.15, 0.2) is 5.58 Å². The van der Waals surface area contributed by atoms with E-state index in [1.165, 1.54) is 19.3 Å². The molecule has 0 bridgehead atoms. The highest BCUT2D eigenvalue weighted by Gasteiger charge is 2.14. The lowest BCUT2D eigenvalue weighted by atomic mass is 10.1. The van der Waals surface area contributed by atoms with Gasteiger partial charge in [0.25, 0.3) is 0 Å². The van der Waals surface area contributed by atoms with Crippen LogP contribution in [0.3, 0.4) is 0 Å². The van der Waals surface area contributed by atoms with E-state index in [2.05, 4.69) is 9.88 Å². The average molecular weight is 433 g/mol. The van der Waals surface area contributed by atoms with E-state index in [9.17, 15) is 4.79 Å². The summed E-state index contributed by atoms with van der Waals surface area (Å²) in [5.74, 6) is 0.0470. The van der Waals surface area contributed by atoms with E-state index in [1.54, 1.807) is 36.4 Å². The number of hydrogen-bond donors (Lipinski definition) is 0. The van der Waals surface area contributed by atoms with Crippen molar-refractivity contribution in [1.82, 2.24) is 9.88 Å². The number of hydrogen-bond acceptors (Lipinski definition) is 5. The Morgan fingerprint density at radius 1 is 1.07 bits per heavy atom. The van der Waals surface area contributed by atoms with Crippen LogP contribution in [0, 0.1) is 0 Å². The summed E-state index contributed by atoms with van der Waals surface area (Å²) in [4.78, 5) is 19.3. The van der Waals surface area contributed by atoms with E-state index in [-0.39, 0.29) is 5.97 Å². The van der Waals surface area contributed by atoms with Gasteiger partial charge in [0, 0.05) is 22.2 Å². The van der Waals surface area contributed by atoms with Crippen molar-refractivity contribution in [2.45, 2.75) is 25.7 Å². The van der Waals surface area contributed by atoms with E-state index in [1.807, 2.05) is 0 Å². The topological polar surface area (TPSA) is 55.6 Å². The molecule has 0 radical (unpaired) electrons. The summed E-state index contributed by atoms with van der Waals surface area (Å²) in [6, 6.07) is 10.2. The molecular formula is C22H22Cl2N2O3. The first-order valence-electron chi connectivity index (χ1n) is 9.85. The molecule has 1 saturated heterocycles. The van der Waals surface area contributed by atoms with E-state index in [0.29, 0.717) is 44.8 Å². The van der Waals surface area contributed by atoms with Gasteiger partial charge in [0.1, 0.15) is 5.52 Å². The van der Waals surface area contributed by atoms with Gasteiger partial charge in [-0.15, -0.1) is 0 Å². The number of benzene rings is 2. The molecule has 1 aromatic heterocycles. The normalized spacial score (nSPS) is 15.0. The first-order chi connectivity index (χ1) is 14.1. The van der Waals surface area contributed by atoms with Crippen LogP contribution in [0.1, 0.15) is 36.0 Å². The zero-order valence-corrected chi connectivity index (χ0v) is 17.5. The Morgan fingerprint density at radius 3 is 2.59 bits per heavy atom. The van der Waals surface area contributed by atoms with Crippen LogP contribution in [-0.2, 0) is 4.74 Å². The van der Waals surface area contributed by atoms with Gasteiger partial charge in [-0.2, -0.15) is 0 Å². The van der Waals surface area contributed by atoms with Crippen molar-refractivity contribution < 1.29 is 13.9 Å². The van der Waals surface area contributed by atoms with Gasteiger partial charge in [-0.25, -0.2) is 9.78 Å². The summed E-state index contributed by atoms with van der Waals surface area (Å²) >= 11 is 12.1. The van der Waals surface area contributed by atoms with E-state index < -0.39 is 0 Å². The largest absolute Gasteiger partial charge is 0.462 e. The molecule has 7 heteroatoms. The van der Waals surface area contributed by atoms with Crippen molar-refractivity contribution >= 4 is 40.3 Å². The number of likely N-dealkylation sites (tertiary alicyclic amines) is 1. The highest BCUT2D eigenvalue weighted by molar-refractivity contribution is 6.35. The maximum atomic E-state index is 12.4. The molecule has 0 spiro atoms. The number of piperidine rings is 1. The molecule has 0 unspecified atom stereocenters. The fourth-order valence-corrected chi connectivity index (χ4v) is 4.10. The van der Waals surface area contributed by atoms with Crippen LogP contribution in [0.5, 0.6) is 0 Å². The molecule has 1 aliphatic rings. The van der Waals surface area contributed by atoms with Gasteiger partial charge in [0.2, 0.25) is 5.89 Å². The van der Waals surface area contributed by atoms with Crippen LogP contribution in [0.4, 0.5) is 0 Å². The monoisotopic (exact) mass is 432 g/mol. The molecule has 152 valence electrons. The van der Waals surface area contributed by atoms with Gasteiger partial charge in [-0.1, -0.05) is 29.6 Å². The van der Waals surface area contributed by atoms with Gasteiger partial charge in [-0.3, -0.25) is 0 Å².